The van der Waals surface area contributed by atoms with Gasteiger partial charge in [-0.3, -0.25) is 0 Å². The highest BCUT2D eigenvalue weighted by Gasteiger charge is 2.17. The molecule has 0 aromatic heterocycles. The Morgan fingerprint density at radius 1 is 1.29 bits per heavy atom. The molecule has 78 valence electrons. The molecule has 1 rings (SSSR count). The van der Waals surface area contributed by atoms with Crippen molar-refractivity contribution in [2.75, 3.05) is 0 Å². The maximum atomic E-state index is 6.16. The summed E-state index contributed by atoms with van der Waals surface area (Å²) in [5, 5.41) is 0.781. The molecule has 1 aromatic carbocycles. The second-order valence-electron chi connectivity index (χ2n) is 4.21. The van der Waals surface area contributed by atoms with Crippen LogP contribution >= 0.6 is 11.6 Å². The number of hydrogen-bond donors (Lipinski definition) is 1. The molecule has 1 atom stereocenters. The fraction of sp³-hybridized carbons (Fsp3) is 0.500. The van der Waals surface area contributed by atoms with Crippen molar-refractivity contribution in [3.8, 4) is 0 Å². The maximum Gasteiger partial charge on any atom is 0.0406 e. The molecule has 0 bridgehead atoms. The van der Waals surface area contributed by atoms with Crippen molar-refractivity contribution in [1.29, 1.82) is 0 Å². The smallest absolute Gasteiger partial charge is 0.0406 e. The van der Waals surface area contributed by atoms with E-state index in [0.717, 1.165) is 24.3 Å². The first-order valence-electron chi connectivity index (χ1n) is 5.07. The van der Waals surface area contributed by atoms with Gasteiger partial charge in [-0.25, -0.2) is 0 Å². The minimum atomic E-state index is -0.0947. The molecule has 0 saturated carbocycles. The van der Waals surface area contributed by atoms with Gasteiger partial charge in [0.1, 0.15) is 0 Å². The quantitative estimate of drug-likeness (QED) is 0.812. The summed E-state index contributed by atoms with van der Waals surface area (Å²) in [6.45, 7) is 4.26. The predicted octanol–water partition coefficient (Wildman–Crippen LogP) is 3.40. The first kappa shape index (κ1) is 11.5. The molecule has 0 saturated heterocycles. The van der Waals surface area contributed by atoms with E-state index >= 15 is 0 Å². The van der Waals surface area contributed by atoms with Crippen molar-refractivity contribution < 1.29 is 0 Å². The summed E-state index contributed by atoms with van der Waals surface area (Å²) in [6, 6.07) is 7.92. The molecular formula is C12H18ClN. The molecule has 2 heteroatoms. The van der Waals surface area contributed by atoms with Crippen molar-refractivity contribution in [2.24, 2.45) is 5.73 Å². The molecule has 1 aromatic rings. The normalized spacial score (nSPS) is 15.1. The van der Waals surface area contributed by atoms with Gasteiger partial charge in [0.05, 0.1) is 0 Å². The van der Waals surface area contributed by atoms with Crippen LogP contribution in [-0.4, -0.2) is 5.54 Å². The number of hydrogen-bond acceptors (Lipinski definition) is 1. The highest BCUT2D eigenvalue weighted by molar-refractivity contribution is 6.30. The Labute approximate surface area is 91.3 Å². The van der Waals surface area contributed by atoms with Crippen molar-refractivity contribution in [3.05, 3.63) is 34.9 Å². The van der Waals surface area contributed by atoms with Gasteiger partial charge in [-0.05, 0) is 37.5 Å². The SMILES string of the molecule is CCCC(C)(N)Cc1ccc(Cl)cc1. The maximum absolute atomic E-state index is 6.16. The van der Waals surface area contributed by atoms with E-state index in [1.54, 1.807) is 0 Å². The van der Waals surface area contributed by atoms with E-state index in [1.807, 2.05) is 24.3 Å². The van der Waals surface area contributed by atoms with Crippen molar-refractivity contribution in [1.82, 2.24) is 0 Å². The average molecular weight is 212 g/mol. The van der Waals surface area contributed by atoms with Gasteiger partial charge in [-0.2, -0.15) is 0 Å². The molecule has 1 unspecified atom stereocenters. The zero-order valence-corrected chi connectivity index (χ0v) is 9.64. The van der Waals surface area contributed by atoms with Gasteiger partial charge in [-0.1, -0.05) is 37.1 Å². The van der Waals surface area contributed by atoms with Crippen LogP contribution in [0.1, 0.15) is 32.3 Å². The van der Waals surface area contributed by atoms with E-state index in [9.17, 15) is 0 Å². The summed E-state index contributed by atoms with van der Waals surface area (Å²) in [5.74, 6) is 0. The summed E-state index contributed by atoms with van der Waals surface area (Å²) in [4.78, 5) is 0. The monoisotopic (exact) mass is 211 g/mol. The largest absolute Gasteiger partial charge is 0.325 e. The van der Waals surface area contributed by atoms with Crippen molar-refractivity contribution >= 4 is 11.6 Å². The number of halogens is 1. The standard InChI is InChI=1S/C12H18ClN/c1-3-8-12(2,14)9-10-4-6-11(13)7-5-10/h4-7H,3,8-9,14H2,1-2H3. The number of nitrogens with two attached hydrogens (primary N) is 1. The molecule has 14 heavy (non-hydrogen) atoms. The van der Waals surface area contributed by atoms with E-state index in [1.165, 1.54) is 5.56 Å². The molecule has 2 N–H and O–H groups in total. The lowest BCUT2D eigenvalue weighted by Crippen LogP contribution is -2.38. The zero-order chi connectivity index (χ0) is 10.6. The third-order valence-electron chi connectivity index (χ3n) is 2.34. The predicted molar refractivity (Wildman–Crippen MR) is 62.7 cm³/mol. The van der Waals surface area contributed by atoms with Crippen LogP contribution in [0.5, 0.6) is 0 Å². The second kappa shape index (κ2) is 4.81. The zero-order valence-electron chi connectivity index (χ0n) is 8.89. The Morgan fingerprint density at radius 3 is 2.36 bits per heavy atom. The molecule has 0 aliphatic carbocycles. The van der Waals surface area contributed by atoms with Crippen LogP contribution in [-0.2, 0) is 6.42 Å². The first-order valence-corrected chi connectivity index (χ1v) is 5.44. The van der Waals surface area contributed by atoms with Crippen molar-refractivity contribution in [3.63, 3.8) is 0 Å². The third kappa shape index (κ3) is 3.69. The lowest BCUT2D eigenvalue weighted by Gasteiger charge is -2.24. The molecule has 0 radical (unpaired) electrons. The molecule has 0 aliphatic heterocycles. The number of rotatable bonds is 4. The molecule has 0 aliphatic rings. The van der Waals surface area contributed by atoms with Gasteiger partial charge in [0.2, 0.25) is 0 Å². The summed E-state index contributed by atoms with van der Waals surface area (Å²) in [5.41, 5.74) is 7.33. The minimum absolute atomic E-state index is 0.0947. The molecule has 0 heterocycles. The van der Waals surface area contributed by atoms with Crippen LogP contribution in [0, 0.1) is 0 Å². The fourth-order valence-electron chi connectivity index (χ4n) is 1.73. The third-order valence-corrected chi connectivity index (χ3v) is 2.59. The Hall–Kier alpha value is -0.530. The van der Waals surface area contributed by atoms with Crippen LogP contribution in [0.2, 0.25) is 5.02 Å². The Kier molecular flexibility index (Phi) is 3.97. The molecular weight excluding hydrogens is 194 g/mol. The Bertz CT molecular complexity index is 277. The minimum Gasteiger partial charge on any atom is -0.325 e. The molecule has 0 amide bonds. The van der Waals surface area contributed by atoms with Crippen LogP contribution in [0.15, 0.2) is 24.3 Å². The van der Waals surface area contributed by atoms with Gasteiger partial charge in [-0.15, -0.1) is 0 Å². The Balaban J connectivity index is 2.64. The van der Waals surface area contributed by atoms with Gasteiger partial charge in [0.25, 0.3) is 0 Å². The lowest BCUT2D eigenvalue weighted by molar-refractivity contribution is 0.425. The molecule has 1 nitrogen and oxygen atoms in total. The van der Waals surface area contributed by atoms with E-state index in [4.69, 9.17) is 17.3 Å². The van der Waals surface area contributed by atoms with Gasteiger partial charge >= 0.3 is 0 Å². The van der Waals surface area contributed by atoms with Crippen LogP contribution in [0.3, 0.4) is 0 Å². The summed E-state index contributed by atoms with van der Waals surface area (Å²) in [7, 11) is 0. The van der Waals surface area contributed by atoms with Gasteiger partial charge in [0.15, 0.2) is 0 Å². The highest BCUT2D eigenvalue weighted by atomic mass is 35.5. The van der Waals surface area contributed by atoms with Crippen LogP contribution in [0.4, 0.5) is 0 Å². The summed E-state index contributed by atoms with van der Waals surface area (Å²) >= 11 is 5.81. The fourth-order valence-corrected chi connectivity index (χ4v) is 1.85. The van der Waals surface area contributed by atoms with Crippen LogP contribution < -0.4 is 5.73 Å². The highest BCUT2D eigenvalue weighted by Crippen LogP contribution is 2.17. The Morgan fingerprint density at radius 2 is 1.86 bits per heavy atom. The number of benzene rings is 1. The average Bonchev–Trinajstić information content (AvgIpc) is 2.08. The van der Waals surface area contributed by atoms with E-state index in [-0.39, 0.29) is 5.54 Å². The van der Waals surface area contributed by atoms with Crippen LogP contribution in [0.25, 0.3) is 0 Å². The second-order valence-corrected chi connectivity index (χ2v) is 4.64. The molecule has 0 spiro atoms. The first-order chi connectivity index (χ1) is 6.53. The lowest BCUT2D eigenvalue weighted by atomic mass is 9.90. The van der Waals surface area contributed by atoms with E-state index in [2.05, 4.69) is 13.8 Å². The summed E-state index contributed by atoms with van der Waals surface area (Å²) in [6.07, 6.45) is 3.09. The summed E-state index contributed by atoms with van der Waals surface area (Å²) < 4.78 is 0. The molecule has 0 fully saturated rings. The van der Waals surface area contributed by atoms with E-state index < -0.39 is 0 Å². The van der Waals surface area contributed by atoms with E-state index in [0.29, 0.717) is 0 Å². The van der Waals surface area contributed by atoms with Crippen molar-refractivity contribution in [2.45, 2.75) is 38.6 Å². The van der Waals surface area contributed by atoms with Gasteiger partial charge < -0.3 is 5.73 Å². The van der Waals surface area contributed by atoms with Gasteiger partial charge in [0, 0.05) is 10.6 Å². The topological polar surface area (TPSA) is 26.0 Å².